The minimum Gasteiger partial charge on any atom is -0.490 e. The first kappa shape index (κ1) is 26.5. The highest BCUT2D eigenvalue weighted by Gasteiger charge is 2.25. The Kier molecular flexibility index (Phi) is 9.40. The number of hydrogen-bond acceptors (Lipinski definition) is 4. The number of carbonyl (C=O) groups is 1. The van der Waals surface area contributed by atoms with Crippen LogP contribution in [0, 0.1) is 0 Å². The SMILES string of the molecule is CCCCOc1c(Cl)cc(C(C)(C)c2ccc(NC(=O)CCNS(C)(=O)=O)cc2)cc1Cl. The molecule has 0 aromatic heterocycles. The maximum absolute atomic E-state index is 12.0. The van der Waals surface area contributed by atoms with Gasteiger partial charge >= 0.3 is 0 Å². The number of amides is 1. The molecule has 9 heteroatoms. The van der Waals surface area contributed by atoms with Crippen LogP contribution in [0.4, 0.5) is 5.69 Å². The molecule has 0 spiro atoms. The fourth-order valence-corrected chi connectivity index (χ4v) is 4.16. The molecule has 6 nitrogen and oxygen atoms in total. The number of benzene rings is 2. The Hall–Kier alpha value is -1.80. The van der Waals surface area contributed by atoms with E-state index in [1.807, 2.05) is 36.4 Å². The van der Waals surface area contributed by atoms with Crippen LogP contribution in [0.25, 0.3) is 0 Å². The molecule has 0 unspecified atom stereocenters. The van der Waals surface area contributed by atoms with Crippen LogP contribution >= 0.6 is 23.2 Å². The Morgan fingerprint density at radius 1 is 1.06 bits per heavy atom. The Morgan fingerprint density at radius 2 is 1.66 bits per heavy atom. The van der Waals surface area contributed by atoms with Crippen molar-refractivity contribution in [2.24, 2.45) is 0 Å². The van der Waals surface area contributed by atoms with Gasteiger partial charge in [-0.3, -0.25) is 4.79 Å². The molecule has 0 heterocycles. The lowest BCUT2D eigenvalue weighted by Gasteiger charge is -2.27. The summed E-state index contributed by atoms with van der Waals surface area (Å²) < 4.78 is 30.2. The quantitative estimate of drug-likeness (QED) is 0.405. The highest BCUT2D eigenvalue weighted by Crippen LogP contribution is 2.40. The van der Waals surface area contributed by atoms with Crippen LogP contribution in [0.5, 0.6) is 5.75 Å². The average Bonchev–Trinajstić information content (AvgIpc) is 2.69. The number of ether oxygens (including phenoxy) is 1. The van der Waals surface area contributed by atoms with Crippen molar-refractivity contribution in [3.05, 3.63) is 57.6 Å². The Bertz CT molecular complexity index is 1020. The van der Waals surface area contributed by atoms with E-state index >= 15 is 0 Å². The van der Waals surface area contributed by atoms with Gasteiger partial charge in [0.25, 0.3) is 0 Å². The molecular formula is C23H30Cl2N2O4S. The second kappa shape index (κ2) is 11.4. The molecule has 2 rings (SSSR count). The predicted octanol–water partition coefficient (Wildman–Crippen LogP) is 5.38. The molecule has 32 heavy (non-hydrogen) atoms. The van der Waals surface area contributed by atoms with Crippen molar-refractivity contribution in [1.82, 2.24) is 4.72 Å². The molecule has 0 saturated carbocycles. The number of rotatable bonds is 11. The lowest BCUT2D eigenvalue weighted by Crippen LogP contribution is -2.26. The van der Waals surface area contributed by atoms with E-state index < -0.39 is 15.4 Å². The first-order valence-corrected chi connectivity index (χ1v) is 13.1. The first-order valence-electron chi connectivity index (χ1n) is 10.4. The highest BCUT2D eigenvalue weighted by molar-refractivity contribution is 7.88. The fourth-order valence-electron chi connectivity index (χ4n) is 3.09. The number of anilines is 1. The minimum atomic E-state index is -3.31. The van der Waals surface area contributed by atoms with E-state index in [1.165, 1.54) is 0 Å². The van der Waals surface area contributed by atoms with Crippen LogP contribution in [0.3, 0.4) is 0 Å². The molecule has 0 radical (unpaired) electrons. The number of carbonyl (C=O) groups excluding carboxylic acids is 1. The number of hydrogen-bond donors (Lipinski definition) is 2. The zero-order valence-electron chi connectivity index (χ0n) is 18.8. The van der Waals surface area contributed by atoms with Crippen LogP contribution in [0.15, 0.2) is 36.4 Å². The van der Waals surface area contributed by atoms with E-state index in [0.717, 1.165) is 30.2 Å². The normalized spacial score (nSPS) is 11.9. The number of unbranched alkanes of at least 4 members (excludes halogenated alkanes) is 1. The summed E-state index contributed by atoms with van der Waals surface area (Å²) in [6, 6.07) is 11.2. The Labute approximate surface area is 200 Å². The highest BCUT2D eigenvalue weighted by atomic mass is 35.5. The first-order chi connectivity index (χ1) is 14.9. The average molecular weight is 501 g/mol. The van der Waals surface area contributed by atoms with Gasteiger partial charge in [-0.2, -0.15) is 0 Å². The molecule has 0 aliphatic carbocycles. The van der Waals surface area contributed by atoms with Crippen LogP contribution in [-0.4, -0.2) is 33.7 Å². The summed E-state index contributed by atoms with van der Waals surface area (Å²) in [5, 5.41) is 3.71. The number of halogens is 2. The molecular weight excluding hydrogens is 471 g/mol. The summed E-state index contributed by atoms with van der Waals surface area (Å²) in [6.07, 6.45) is 3.05. The second-order valence-corrected chi connectivity index (χ2v) is 10.8. The van der Waals surface area contributed by atoms with Crippen molar-refractivity contribution in [1.29, 1.82) is 0 Å². The van der Waals surface area contributed by atoms with Crippen LogP contribution in [0.2, 0.25) is 10.0 Å². The molecule has 2 aromatic carbocycles. The van der Waals surface area contributed by atoms with Gasteiger partial charge in [0.1, 0.15) is 0 Å². The largest absolute Gasteiger partial charge is 0.490 e. The molecule has 0 bridgehead atoms. The van der Waals surface area contributed by atoms with Crippen molar-refractivity contribution in [2.75, 3.05) is 24.7 Å². The number of sulfonamides is 1. The van der Waals surface area contributed by atoms with Gasteiger partial charge in [-0.15, -0.1) is 0 Å². The van der Waals surface area contributed by atoms with E-state index in [0.29, 0.717) is 28.1 Å². The van der Waals surface area contributed by atoms with E-state index in [1.54, 1.807) is 0 Å². The molecule has 0 aliphatic rings. The Balaban J connectivity index is 2.10. The van der Waals surface area contributed by atoms with Gasteiger partial charge in [-0.1, -0.05) is 62.5 Å². The van der Waals surface area contributed by atoms with Crippen LogP contribution in [-0.2, 0) is 20.2 Å². The van der Waals surface area contributed by atoms with Gasteiger partial charge in [0.2, 0.25) is 15.9 Å². The van der Waals surface area contributed by atoms with Crippen LogP contribution < -0.4 is 14.8 Å². The minimum absolute atomic E-state index is 0.0456. The van der Waals surface area contributed by atoms with E-state index in [-0.39, 0.29) is 18.9 Å². The summed E-state index contributed by atoms with van der Waals surface area (Å²) in [5.74, 6) is 0.232. The molecule has 2 N–H and O–H groups in total. The third kappa shape index (κ3) is 7.66. The van der Waals surface area contributed by atoms with Gasteiger partial charge in [0.15, 0.2) is 5.75 Å². The molecule has 0 aliphatic heterocycles. The zero-order chi connectivity index (χ0) is 23.9. The van der Waals surface area contributed by atoms with Crippen molar-refractivity contribution >= 4 is 44.8 Å². The molecule has 0 atom stereocenters. The summed E-state index contributed by atoms with van der Waals surface area (Å²) >= 11 is 12.9. The van der Waals surface area contributed by atoms with Gasteiger partial charge < -0.3 is 10.1 Å². The van der Waals surface area contributed by atoms with Crippen molar-refractivity contribution in [3.8, 4) is 5.75 Å². The summed E-state index contributed by atoms with van der Waals surface area (Å²) in [7, 11) is -3.31. The maximum atomic E-state index is 12.0. The molecule has 1 amide bonds. The van der Waals surface area contributed by atoms with Gasteiger partial charge in [0, 0.05) is 24.1 Å². The summed E-state index contributed by atoms with van der Waals surface area (Å²) in [5.41, 5.74) is 2.20. The second-order valence-electron chi connectivity index (χ2n) is 8.14. The smallest absolute Gasteiger partial charge is 0.225 e. The third-order valence-corrected chi connectivity index (χ3v) is 6.36. The lowest BCUT2D eigenvalue weighted by atomic mass is 9.78. The van der Waals surface area contributed by atoms with Crippen molar-refractivity contribution in [2.45, 2.75) is 45.4 Å². The molecule has 2 aromatic rings. The molecule has 0 fully saturated rings. The zero-order valence-corrected chi connectivity index (χ0v) is 21.1. The monoisotopic (exact) mass is 500 g/mol. The van der Waals surface area contributed by atoms with Crippen molar-refractivity contribution < 1.29 is 17.9 Å². The van der Waals surface area contributed by atoms with Gasteiger partial charge in [0.05, 0.1) is 22.9 Å². The summed E-state index contributed by atoms with van der Waals surface area (Å²) in [4.78, 5) is 12.0. The van der Waals surface area contributed by atoms with Gasteiger partial charge in [-0.25, -0.2) is 13.1 Å². The van der Waals surface area contributed by atoms with Crippen molar-refractivity contribution in [3.63, 3.8) is 0 Å². The Morgan fingerprint density at radius 3 is 2.19 bits per heavy atom. The molecule has 176 valence electrons. The van der Waals surface area contributed by atoms with Crippen LogP contribution in [0.1, 0.15) is 51.2 Å². The van der Waals surface area contributed by atoms with E-state index in [4.69, 9.17) is 27.9 Å². The van der Waals surface area contributed by atoms with E-state index in [2.05, 4.69) is 30.8 Å². The lowest BCUT2D eigenvalue weighted by molar-refractivity contribution is -0.116. The van der Waals surface area contributed by atoms with E-state index in [9.17, 15) is 13.2 Å². The predicted molar refractivity (Wildman–Crippen MR) is 132 cm³/mol. The topological polar surface area (TPSA) is 84.5 Å². The maximum Gasteiger partial charge on any atom is 0.225 e. The van der Waals surface area contributed by atoms with Gasteiger partial charge in [-0.05, 0) is 41.8 Å². The summed E-state index contributed by atoms with van der Waals surface area (Å²) in [6.45, 7) is 6.84. The fraction of sp³-hybridized carbons (Fsp3) is 0.435. The third-order valence-electron chi connectivity index (χ3n) is 5.07. The standard InChI is InChI=1S/C23H30Cl2N2O4S/c1-5-6-13-31-22-19(24)14-17(15-20(22)25)23(2,3)16-7-9-18(10-8-16)27-21(28)11-12-26-32(4,29)30/h7-10,14-15,26H,5-6,11-13H2,1-4H3,(H,27,28). The number of nitrogens with one attached hydrogen (secondary N) is 2. The molecule has 0 saturated heterocycles.